The number of anilines is 1. The second-order valence-electron chi connectivity index (χ2n) is 4.73. The summed E-state index contributed by atoms with van der Waals surface area (Å²) in [4.78, 5) is 27.6. The Kier molecular flexibility index (Phi) is 6.32. The van der Waals surface area contributed by atoms with Crippen molar-refractivity contribution in [3.8, 4) is 0 Å². The smallest absolute Gasteiger partial charge is 0.354 e. The van der Waals surface area contributed by atoms with Gasteiger partial charge in [0.15, 0.2) is 0 Å². The molecule has 0 aliphatic heterocycles. The van der Waals surface area contributed by atoms with Gasteiger partial charge in [-0.2, -0.15) is 4.98 Å². The van der Waals surface area contributed by atoms with Gasteiger partial charge in [-0.3, -0.25) is 4.57 Å². The van der Waals surface area contributed by atoms with Gasteiger partial charge in [-0.05, 0) is 6.42 Å². The molecular formula is C13H24N4O2. The minimum Gasteiger partial charge on any atom is -0.358 e. The highest BCUT2D eigenvalue weighted by molar-refractivity contribution is 5.21. The Labute approximate surface area is 113 Å². The molecule has 0 spiro atoms. The second-order valence-corrected chi connectivity index (χ2v) is 4.73. The molecule has 108 valence electrons. The lowest BCUT2D eigenvalue weighted by molar-refractivity contribution is 0.511. The molecule has 0 aliphatic rings. The van der Waals surface area contributed by atoms with Gasteiger partial charge >= 0.3 is 11.4 Å². The third kappa shape index (κ3) is 4.22. The highest BCUT2D eigenvalue weighted by Crippen LogP contribution is 2.05. The zero-order valence-corrected chi connectivity index (χ0v) is 12.1. The molecule has 1 aromatic rings. The van der Waals surface area contributed by atoms with Crippen molar-refractivity contribution in [2.45, 2.75) is 52.0 Å². The zero-order valence-electron chi connectivity index (χ0n) is 12.1. The van der Waals surface area contributed by atoms with E-state index in [1.165, 1.54) is 28.4 Å². The van der Waals surface area contributed by atoms with Crippen LogP contribution in [0.2, 0.25) is 0 Å². The predicted octanol–water partition coefficient (Wildman–Crippen LogP) is 1.34. The molecule has 6 heteroatoms. The van der Waals surface area contributed by atoms with Crippen LogP contribution in [0.4, 0.5) is 5.95 Å². The van der Waals surface area contributed by atoms with Gasteiger partial charge in [0.2, 0.25) is 5.95 Å². The van der Waals surface area contributed by atoms with Gasteiger partial charge in [0.05, 0.1) is 0 Å². The molecule has 0 saturated carbocycles. The molecular weight excluding hydrogens is 244 g/mol. The van der Waals surface area contributed by atoms with Crippen molar-refractivity contribution in [3.05, 3.63) is 21.0 Å². The lowest BCUT2D eigenvalue weighted by atomic mass is 10.1. The van der Waals surface area contributed by atoms with Crippen molar-refractivity contribution >= 4 is 5.95 Å². The predicted molar refractivity (Wildman–Crippen MR) is 76.7 cm³/mol. The number of unbranched alkanes of at least 4 members (excludes halogenated alkanes) is 5. The first kappa shape index (κ1) is 15.5. The molecule has 0 saturated heterocycles. The van der Waals surface area contributed by atoms with Gasteiger partial charge in [0.1, 0.15) is 0 Å². The van der Waals surface area contributed by atoms with E-state index in [1.54, 1.807) is 14.1 Å². The van der Waals surface area contributed by atoms with Crippen LogP contribution in [0.5, 0.6) is 0 Å². The van der Waals surface area contributed by atoms with Crippen LogP contribution in [0.25, 0.3) is 0 Å². The first-order valence-electron chi connectivity index (χ1n) is 6.97. The fourth-order valence-electron chi connectivity index (χ4n) is 2.04. The fraction of sp³-hybridized carbons (Fsp3) is 0.769. The number of rotatable bonds is 8. The topological polar surface area (TPSA) is 68.9 Å². The average Bonchev–Trinajstić information content (AvgIpc) is 2.41. The summed E-state index contributed by atoms with van der Waals surface area (Å²) in [5, 5.41) is 2.73. The van der Waals surface area contributed by atoms with E-state index >= 15 is 0 Å². The van der Waals surface area contributed by atoms with E-state index in [1.807, 2.05) is 0 Å². The van der Waals surface area contributed by atoms with Crippen molar-refractivity contribution in [1.82, 2.24) is 14.1 Å². The van der Waals surface area contributed by atoms with Crippen molar-refractivity contribution < 1.29 is 0 Å². The van der Waals surface area contributed by atoms with Crippen LogP contribution < -0.4 is 16.7 Å². The van der Waals surface area contributed by atoms with E-state index in [9.17, 15) is 9.59 Å². The Balaban J connectivity index is 2.62. The van der Waals surface area contributed by atoms with Gasteiger partial charge in [-0.15, -0.1) is 0 Å². The minimum atomic E-state index is -0.471. The van der Waals surface area contributed by atoms with E-state index in [-0.39, 0.29) is 5.69 Å². The highest BCUT2D eigenvalue weighted by atomic mass is 16.2. The molecule has 1 N–H and O–H groups in total. The summed E-state index contributed by atoms with van der Waals surface area (Å²) in [6, 6.07) is 0. The van der Waals surface area contributed by atoms with Crippen molar-refractivity contribution in [2.24, 2.45) is 7.05 Å². The summed E-state index contributed by atoms with van der Waals surface area (Å²) in [6.45, 7) is 2.63. The summed E-state index contributed by atoms with van der Waals surface area (Å²) < 4.78 is 2.57. The summed E-state index contributed by atoms with van der Waals surface area (Å²) >= 11 is 0. The minimum absolute atomic E-state index is 0.300. The largest absolute Gasteiger partial charge is 0.358 e. The molecule has 1 aromatic heterocycles. The number of nitrogens with zero attached hydrogens (tertiary/aromatic N) is 3. The highest BCUT2D eigenvalue weighted by Gasteiger charge is 2.08. The number of nitrogens with one attached hydrogen (secondary N) is 1. The molecule has 0 bridgehead atoms. The molecule has 6 nitrogen and oxygen atoms in total. The lowest BCUT2D eigenvalue weighted by Gasteiger charge is -2.09. The van der Waals surface area contributed by atoms with Crippen LogP contribution in [-0.4, -0.2) is 21.2 Å². The van der Waals surface area contributed by atoms with E-state index in [2.05, 4.69) is 17.2 Å². The number of hydrogen-bond donors (Lipinski definition) is 1. The molecule has 1 heterocycles. The number of hydrogen-bond acceptors (Lipinski definition) is 4. The molecule has 0 fully saturated rings. The first-order valence-corrected chi connectivity index (χ1v) is 6.97. The lowest BCUT2D eigenvalue weighted by Crippen LogP contribution is -2.41. The maximum Gasteiger partial charge on any atom is 0.354 e. The molecule has 0 atom stereocenters. The van der Waals surface area contributed by atoms with Crippen molar-refractivity contribution in [3.63, 3.8) is 0 Å². The third-order valence-corrected chi connectivity index (χ3v) is 3.23. The van der Waals surface area contributed by atoms with Crippen LogP contribution in [0.3, 0.4) is 0 Å². The SMILES string of the molecule is CCCCCCCCn1c(=O)nc(NC)n(C)c1=O. The summed E-state index contributed by atoms with van der Waals surface area (Å²) in [7, 11) is 3.25. The summed E-state index contributed by atoms with van der Waals surface area (Å²) in [5.41, 5.74) is -0.779. The summed E-state index contributed by atoms with van der Waals surface area (Å²) in [6.07, 6.45) is 6.74. The van der Waals surface area contributed by atoms with E-state index in [0.29, 0.717) is 12.5 Å². The van der Waals surface area contributed by atoms with Crippen LogP contribution in [-0.2, 0) is 13.6 Å². The zero-order chi connectivity index (χ0) is 14.3. The Morgan fingerprint density at radius 2 is 1.74 bits per heavy atom. The molecule has 19 heavy (non-hydrogen) atoms. The van der Waals surface area contributed by atoms with Gasteiger partial charge < -0.3 is 5.32 Å². The van der Waals surface area contributed by atoms with Gasteiger partial charge in [-0.1, -0.05) is 39.0 Å². The average molecular weight is 268 g/mol. The van der Waals surface area contributed by atoms with Gasteiger partial charge in [0.25, 0.3) is 0 Å². The molecule has 0 aliphatic carbocycles. The molecule has 0 aromatic carbocycles. The van der Waals surface area contributed by atoms with Gasteiger partial charge in [0, 0.05) is 20.6 Å². The molecule has 0 radical (unpaired) electrons. The third-order valence-electron chi connectivity index (χ3n) is 3.23. The maximum absolute atomic E-state index is 12.0. The maximum atomic E-state index is 12.0. The first-order chi connectivity index (χ1) is 9.11. The second kappa shape index (κ2) is 7.76. The number of aromatic nitrogens is 3. The normalized spacial score (nSPS) is 10.7. The van der Waals surface area contributed by atoms with E-state index in [4.69, 9.17) is 0 Å². The molecule has 0 unspecified atom stereocenters. The van der Waals surface area contributed by atoms with E-state index in [0.717, 1.165) is 19.3 Å². The van der Waals surface area contributed by atoms with Crippen LogP contribution in [0.15, 0.2) is 9.59 Å². The Hall–Kier alpha value is -1.59. The Bertz CT molecular complexity index is 504. The monoisotopic (exact) mass is 268 g/mol. The standard InChI is InChI=1S/C13H24N4O2/c1-4-5-6-7-8-9-10-17-12(18)15-11(14-2)16(3)13(17)19/h4-10H2,1-3H3,(H,14,15,18). The summed E-state index contributed by atoms with van der Waals surface area (Å²) in [5.74, 6) is 0.300. The van der Waals surface area contributed by atoms with E-state index < -0.39 is 5.69 Å². The quantitative estimate of drug-likeness (QED) is 0.722. The Morgan fingerprint density at radius 3 is 2.37 bits per heavy atom. The van der Waals surface area contributed by atoms with Crippen LogP contribution >= 0.6 is 0 Å². The van der Waals surface area contributed by atoms with Crippen molar-refractivity contribution in [1.29, 1.82) is 0 Å². The van der Waals surface area contributed by atoms with Gasteiger partial charge in [-0.25, -0.2) is 14.2 Å². The van der Waals surface area contributed by atoms with Crippen LogP contribution in [0, 0.1) is 0 Å². The fourth-order valence-corrected chi connectivity index (χ4v) is 2.04. The van der Waals surface area contributed by atoms with Crippen molar-refractivity contribution in [2.75, 3.05) is 12.4 Å². The molecule has 0 amide bonds. The van der Waals surface area contributed by atoms with Crippen LogP contribution in [0.1, 0.15) is 45.4 Å². The Morgan fingerprint density at radius 1 is 1.11 bits per heavy atom. The molecule has 1 rings (SSSR count).